The molecular formula is C125H104Br2N6O6. The Morgan fingerprint density at radius 1 is 0.201 bits per heavy atom. The van der Waals surface area contributed by atoms with Crippen LogP contribution in [0.15, 0.2) is 485 Å². The van der Waals surface area contributed by atoms with E-state index in [4.69, 9.17) is 28.4 Å². The van der Waals surface area contributed by atoms with Crippen molar-refractivity contribution in [3.05, 3.63) is 519 Å². The van der Waals surface area contributed by atoms with Crippen LogP contribution in [0.4, 0.5) is 22.7 Å². The molecule has 0 saturated carbocycles. The molecule has 139 heavy (non-hydrogen) atoms. The van der Waals surface area contributed by atoms with Crippen molar-refractivity contribution in [2.45, 2.75) is 33.1 Å². The third-order valence-corrected chi connectivity index (χ3v) is 23.6. The molecule has 0 spiro atoms. The summed E-state index contributed by atoms with van der Waals surface area (Å²) in [5, 5.41) is 6.85. The van der Waals surface area contributed by atoms with E-state index in [2.05, 4.69) is 260 Å². The molecule has 0 amide bonds. The molecule has 18 aromatic carbocycles. The Hall–Kier alpha value is -17.0. The second-order valence-corrected chi connectivity index (χ2v) is 34.1. The zero-order valence-electron chi connectivity index (χ0n) is 77.4. The average molecular weight is 1950 g/mol. The Labute approximate surface area is 829 Å². The summed E-state index contributed by atoms with van der Waals surface area (Å²) >= 11 is 6.66. The first kappa shape index (κ1) is 95.1. The number of hydrogen-bond acceptors (Lipinski definition) is 8. The number of ether oxygens (including phenoxy) is 6. The highest BCUT2D eigenvalue weighted by Gasteiger charge is 2.14. The minimum atomic E-state index is 0.715. The lowest BCUT2D eigenvalue weighted by Gasteiger charge is -2.17. The molecule has 12 nitrogen and oxygen atoms in total. The summed E-state index contributed by atoms with van der Waals surface area (Å²) in [5.41, 5.74) is 21.5. The Morgan fingerprint density at radius 3 is 0.525 bits per heavy atom. The van der Waals surface area contributed by atoms with Crippen LogP contribution in [-0.2, 0) is 0 Å². The van der Waals surface area contributed by atoms with Gasteiger partial charge in [0, 0.05) is 98.6 Å². The van der Waals surface area contributed by atoms with Crippen LogP contribution in [0.1, 0.15) is 66.5 Å². The van der Waals surface area contributed by atoms with Crippen LogP contribution in [0, 0.1) is 0 Å². The minimum Gasteiger partial charge on any atom is -0.457 e. The van der Waals surface area contributed by atoms with Gasteiger partial charge in [-0.25, -0.2) is 0 Å². The van der Waals surface area contributed by atoms with Crippen molar-refractivity contribution in [3.63, 3.8) is 0 Å². The van der Waals surface area contributed by atoms with Crippen molar-refractivity contribution in [1.29, 1.82) is 0 Å². The van der Waals surface area contributed by atoms with E-state index in [1.54, 1.807) is 0 Å². The Kier molecular flexibility index (Phi) is 32.3. The number of unbranched alkanes of at least 4 members (excludes halogenated alkanes) is 2. The fraction of sp³-hybridized carbons (Fsp3) is 0.0400. The van der Waals surface area contributed by atoms with Gasteiger partial charge in [-0.05, 0) is 379 Å². The molecule has 14 heteroatoms. The Bertz CT molecular complexity index is 6790. The SMILES string of the molecule is Brc1cccc(Br)c1.C=Cc1ccc(Oc2ccc(-n3c4ccc(cc4)n(-c4ccc(Oc5ccc(C=C)cc5)cc4)c4cccc(c4)n(-c4ccc(Oc5ccc(C=C)cc5)cc4)c4ccc(cc4)n(-c4ccc(Oc5ccc(C=C)cc5)cc4)c4cccc3c4)cc2)cc1.C=Cc1ccc(Oc2ccc(Nc3ccc(Nc4ccc(Oc5ccc(C=C)cc5)cc4)cc3)cc2)cc1.CCCCC. The first-order valence-corrected chi connectivity index (χ1v) is 47.5. The molecule has 0 radical (unpaired) electrons. The molecule has 22 rings (SSSR count). The van der Waals surface area contributed by atoms with Gasteiger partial charge in [0.25, 0.3) is 0 Å². The van der Waals surface area contributed by atoms with Gasteiger partial charge in [0.2, 0.25) is 0 Å². The van der Waals surface area contributed by atoms with E-state index in [1.165, 1.54) is 19.3 Å². The molecule has 0 atom stereocenters. The summed E-state index contributed by atoms with van der Waals surface area (Å²) in [5.74, 6) is 8.96. The van der Waals surface area contributed by atoms with Crippen LogP contribution < -0.4 is 39.1 Å². The topological polar surface area (TPSA) is 99.2 Å². The predicted molar refractivity (Wildman–Crippen MR) is 590 cm³/mol. The van der Waals surface area contributed by atoms with Crippen molar-refractivity contribution < 1.29 is 28.4 Å². The van der Waals surface area contributed by atoms with Crippen molar-refractivity contribution in [3.8, 4) is 91.7 Å². The summed E-state index contributed by atoms with van der Waals surface area (Å²) in [7, 11) is 0. The summed E-state index contributed by atoms with van der Waals surface area (Å²) in [6.07, 6.45) is 15.0. The fourth-order valence-electron chi connectivity index (χ4n) is 15.3. The molecule has 684 valence electrons. The first-order chi connectivity index (χ1) is 68.2. The van der Waals surface area contributed by atoms with Crippen molar-refractivity contribution in [2.75, 3.05) is 10.6 Å². The summed E-state index contributed by atoms with van der Waals surface area (Å²) in [6.45, 7) is 27.6. The molecule has 8 bridgehead atoms. The van der Waals surface area contributed by atoms with E-state index in [1.807, 2.05) is 328 Å². The highest BCUT2D eigenvalue weighted by atomic mass is 79.9. The van der Waals surface area contributed by atoms with Crippen molar-refractivity contribution in [1.82, 2.24) is 18.3 Å². The normalized spacial score (nSPS) is 10.6. The van der Waals surface area contributed by atoms with Crippen LogP contribution in [0.2, 0.25) is 0 Å². The van der Waals surface area contributed by atoms with E-state index < -0.39 is 0 Å². The lowest BCUT2D eigenvalue weighted by Crippen LogP contribution is -2.02. The molecule has 2 N–H and O–H groups in total. The van der Waals surface area contributed by atoms with E-state index in [9.17, 15) is 0 Å². The number of rotatable bonds is 28. The minimum absolute atomic E-state index is 0.715. The Morgan fingerprint density at radius 2 is 0.367 bits per heavy atom. The molecule has 0 aliphatic rings. The second kappa shape index (κ2) is 47.2. The van der Waals surface area contributed by atoms with Crippen LogP contribution in [0.5, 0.6) is 69.0 Å². The van der Waals surface area contributed by atoms with E-state index >= 15 is 0 Å². The molecule has 0 aliphatic heterocycles. The second-order valence-electron chi connectivity index (χ2n) is 32.3. The third kappa shape index (κ3) is 25.9. The average Bonchev–Trinajstić information content (AvgIpc) is 0.767. The van der Waals surface area contributed by atoms with Crippen LogP contribution in [0.3, 0.4) is 0 Å². The fourth-order valence-corrected chi connectivity index (χ4v) is 16.4. The highest BCUT2D eigenvalue weighted by molar-refractivity contribution is 9.11. The van der Waals surface area contributed by atoms with Gasteiger partial charge in [0.05, 0.1) is 0 Å². The zero-order valence-corrected chi connectivity index (χ0v) is 80.6. The van der Waals surface area contributed by atoms with Crippen LogP contribution in [0.25, 0.3) is 103 Å². The lowest BCUT2D eigenvalue weighted by atomic mass is 10.2. The van der Waals surface area contributed by atoms with E-state index in [0.29, 0.717) is 23.0 Å². The molecular weight excluding hydrogens is 1840 g/mol. The summed E-state index contributed by atoms with van der Waals surface area (Å²) in [6, 6.07) is 147. The number of nitrogens with zero attached hydrogens (tertiary/aromatic N) is 4. The number of halogens is 2. The molecule has 4 heterocycles. The highest BCUT2D eigenvalue weighted by Crippen LogP contribution is 2.36. The van der Waals surface area contributed by atoms with Gasteiger partial charge in [-0.3, -0.25) is 0 Å². The maximum absolute atomic E-state index is 6.37. The number of benzene rings is 18. The summed E-state index contributed by atoms with van der Waals surface area (Å²) < 4.78 is 48.6. The molecule has 4 aromatic heterocycles. The van der Waals surface area contributed by atoms with Gasteiger partial charge in [0.1, 0.15) is 69.0 Å². The van der Waals surface area contributed by atoms with Gasteiger partial charge in [-0.15, -0.1) is 0 Å². The predicted octanol–water partition coefficient (Wildman–Crippen LogP) is 37.5. The maximum Gasteiger partial charge on any atom is 0.127 e. The first-order valence-electron chi connectivity index (χ1n) is 45.9. The monoisotopic (exact) mass is 1940 g/mol. The zero-order chi connectivity index (χ0) is 96.0. The van der Waals surface area contributed by atoms with Crippen molar-refractivity contribution >= 4 is 135 Å². The van der Waals surface area contributed by atoms with Gasteiger partial charge in [-0.2, -0.15) is 0 Å². The van der Waals surface area contributed by atoms with Crippen molar-refractivity contribution in [2.24, 2.45) is 0 Å². The largest absolute Gasteiger partial charge is 0.457 e. The number of anilines is 4. The smallest absolute Gasteiger partial charge is 0.127 e. The van der Waals surface area contributed by atoms with Gasteiger partial charge in [0.15, 0.2) is 0 Å². The van der Waals surface area contributed by atoms with Crippen LogP contribution >= 0.6 is 31.9 Å². The van der Waals surface area contributed by atoms with Gasteiger partial charge < -0.3 is 57.3 Å². The quantitative estimate of drug-likeness (QED) is 0.0500. The summed E-state index contributed by atoms with van der Waals surface area (Å²) in [4.78, 5) is 0. The third-order valence-electron chi connectivity index (χ3n) is 22.6. The number of aromatic nitrogens is 4. The number of nitrogens with one attached hydrogen (secondary N) is 2. The lowest BCUT2D eigenvalue weighted by molar-refractivity contribution is 0.482. The maximum atomic E-state index is 6.37. The van der Waals surface area contributed by atoms with Crippen LogP contribution in [-0.4, -0.2) is 18.3 Å². The van der Waals surface area contributed by atoms with Gasteiger partial charge in [-0.1, -0.05) is 232 Å². The molecule has 0 saturated heterocycles. The van der Waals surface area contributed by atoms with Gasteiger partial charge >= 0.3 is 0 Å². The molecule has 0 unspecified atom stereocenters. The van der Waals surface area contributed by atoms with E-state index in [-0.39, 0.29) is 0 Å². The molecule has 22 aromatic rings. The van der Waals surface area contributed by atoms with E-state index in [0.717, 1.165) is 178 Å². The Balaban J connectivity index is 0.000000224. The molecule has 0 aliphatic carbocycles. The molecule has 0 fully saturated rings. The number of hydrogen-bond donors (Lipinski definition) is 2. The standard InChI is InChI=1S/C80H60N4O4.C34H28N2O2.C6H4Br2.C5H12/c1-5-57-15-39-73(40-16-57)85-77-47-31-65(32-48-77)81-61-23-25-62(26-24-61)83(67-35-51-79(52-36-67)87-75-43-19-59(7-3)20-44-75)71-13-10-14-72(56-71)84(68-37-53-80(54-38-68)88-76-45-21-60(8-4)22-46-76)64-29-27-63(28-30-64)82(70-12-9-11-69(81)55-70)66-33-49-78(50-34-66)86-74-41-17-58(6-2)18-42-74;1-3-25-5-17-31(18-6-25)37-33-21-13-29(14-22-33)35-27-9-11-28(12-10-27)36-30-15-23-34(24-16-30)38-32-19-7-26(4-2)8-20-32;7-5-2-1-3-6(8)4-5;1-3-5-4-2/h5-56H,1-4H2;3-24,35-36H,1-2H2;1-4H;3-5H2,1-2H3.